The third-order valence-electron chi connectivity index (χ3n) is 2.98. The van der Waals surface area contributed by atoms with E-state index in [0.29, 0.717) is 24.5 Å². The summed E-state index contributed by atoms with van der Waals surface area (Å²) in [6, 6.07) is 4.71. The van der Waals surface area contributed by atoms with Crippen LogP contribution < -0.4 is 11.5 Å². The Labute approximate surface area is 114 Å². The van der Waals surface area contributed by atoms with E-state index in [-0.39, 0.29) is 0 Å². The minimum atomic E-state index is -4.35. The van der Waals surface area contributed by atoms with E-state index in [9.17, 15) is 13.2 Å². The van der Waals surface area contributed by atoms with Gasteiger partial charge >= 0.3 is 6.18 Å². The molecule has 4 nitrogen and oxygen atoms in total. The van der Waals surface area contributed by atoms with Gasteiger partial charge < -0.3 is 11.5 Å². The van der Waals surface area contributed by atoms with Crippen LogP contribution in [0.25, 0.3) is 5.69 Å². The van der Waals surface area contributed by atoms with Crippen molar-refractivity contribution in [1.82, 2.24) is 9.78 Å². The fraction of sp³-hybridized carbons (Fsp3) is 0.308. The molecule has 0 bridgehead atoms. The highest BCUT2D eigenvalue weighted by molar-refractivity contribution is 5.47. The normalized spacial score (nSPS) is 11.8. The number of aryl methyl sites for hydroxylation is 1. The Balaban J connectivity index is 2.26. The molecule has 0 fully saturated rings. The average Bonchev–Trinajstić information content (AvgIpc) is 2.77. The molecule has 0 amide bonds. The van der Waals surface area contributed by atoms with Gasteiger partial charge in [-0.05, 0) is 43.7 Å². The predicted octanol–water partition coefficient (Wildman–Crippen LogP) is 2.36. The number of nitrogens with zero attached hydrogens (tertiary/aromatic N) is 2. The van der Waals surface area contributed by atoms with Gasteiger partial charge in [0, 0.05) is 5.56 Å². The summed E-state index contributed by atoms with van der Waals surface area (Å²) >= 11 is 0. The quantitative estimate of drug-likeness (QED) is 0.905. The molecule has 0 aliphatic carbocycles. The van der Waals surface area contributed by atoms with Crippen LogP contribution in [0.5, 0.6) is 0 Å². The van der Waals surface area contributed by atoms with Crippen LogP contribution in [0.1, 0.15) is 17.5 Å². The first-order chi connectivity index (χ1) is 9.43. The first kappa shape index (κ1) is 14.4. The lowest BCUT2D eigenvalue weighted by Gasteiger charge is -2.09. The fourth-order valence-electron chi connectivity index (χ4n) is 1.87. The monoisotopic (exact) mass is 284 g/mol. The Morgan fingerprint density at radius 1 is 1.15 bits per heavy atom. The number of halogens is 3. The summed E-state index contributed by atoms with van der Waals surface area (Å²) in [6.07, 6.45) is -1.25. The van der Waals surface area contributed by atoms with Crippen LogP contribution in [0.4, 0.5) is 19.0 Å². The molecule has 7 heteroatoms. The third-order valence-corrected chi connectivity index (χ3v) is 2.98. The molecule has 108 valence electrons. The van der Waals surface area contributed by atoms with Gasteiger partial charge in [0.25, 0.3) is 0 Å². The second kappa shape index (κ2) is 5.54. The topological polar surface area (TPSA) is 69.9 Å². The summed E-state index contributed by atoms with van der Waals surface area (Å²) in [4.78, 5) is 0. The number of rotatable bonds is 4. The molecule has 0 atom stereocenters. The molecule has 2 rings (SSSR count). The molecule has 20 heavy (non-hydrogen) atoms. The van der Waals surface area contributed by atoms with E-state index in [4.69, 9.17) is 11.5 Å². The third kappa shape index (κ3) is 2.93. The molecular weight excluding hydrogens is 269 g/mol. The van der Waals surface area contributed by atoms with E-state index >= 15 is 0 Å². The molecular formula is C13H15F3N4. The maximum Gasteiger partial charge on any atom is 0.416 e. The maximum atomic E-state index is 12.5. The van der Waals surface area contributed by atoms with Gasteiger partial charge in [0.15, 0.2) is 0 Å². The molecule has 4 N–H and O–H groups in total. The number of alkyl halides is 3. The zero-order valence-corrected chi connectivity index (χ0v) is 10.7. The molecule has 0 saturated carbocycles. The molecule has 0 aliphatic heterocycles. The highest BCUT2D eigenvalue weighted by atomic mass is 19.4. The summed E-state index contributed by atoms with van der Waals surface area (Å²) in [6.45, 7) is 0.547. The van der Waals surface area contributed by atoms with Crippen LogP contribution >= 0.6 is 0 Å². The molecule has 1 heterocycles. The number of hydrogen-bond donors (Lipinski definition) is 2. The molecule has 0 spiro atoms. The van der Waals surface area contributed by atoms with Crippen LogP contribution in [0.15, 0.2) is 30.5 Å². The summed E-state index contributed by atoms with van der Waals surface area (Å²) in [7, 11) is 0. The van der Waals surface area contributed by atoms with Crippen molar-refractivity contribution in [2.75, 3.05) is 12.3 Å². The van der Waals surface area contributed by atoms with Crippen molar-refractivity contribution < 1.29 is 13.2 Å². The van der Waals surface area contributed by atoms with Crippen LogP contribution in [0.2, 0.25) is 0 Å². The molecule has 1 aromatic heterocycles. The van der Waals surface area contributed by atoms with Crippen molar-refractivity contribution in [3.63, 3.8) is 0 Å². The van der Waals surface area contributed by atoms with Gasteiger partial charge in [-0.15, -0.1) is 0 Å². The van der Waals surface area contributed by atoms with E-state index < -0.39 is 11.7 Å². The van der Waals surface area contributed by atoms with Crippen molar-refractivity contribution in [1.29, 1.82) is 0 Å². The van der Waals surface area contributed by atoms with E-state index in [2.05, 4.69) is 5.10 Å². The lowest BCUT2D eigenvalue weighted by molar-refractivity contribution is -0.137. The molecule has 0 saturated heterocycles. The van der Waals surface area contributed by atoms with Crippen molar-refractivity contribution >= 4 is 5.82 Å². The summed E-state index contributed by atoms with van der Waals surface area (Å²) < 4.78 is 38.9. The Morgan fingerprint density at radius 2 is 1.80 bits per heavy atom. The van der Waals surface area contributed by atoms with E-state index in [1.807, 2.05) is 0 Å². The van der Waals surface area contributed by atoms with Crippen LogP contribution in [0.3, 0.4) is 0 Å². The molecule has 1 aromatic carbocycles. The smallest absolute Gasteiger partial charge is 0.383 e. The average molecular weight is 284 g/mol. The van der Waals surface area contributed by atoms with Gasteiger partial charge in [0.05, 0.1) is 17.4 Å². The lowest BCUT2D eigenvalue weighted by atomic mass is 10.2. The second-order valence-corrected chi connectivity index (χ2v) is 4.40. The Hall–Kier alpha value is -2.02. The minimum absolute atomic E-state index is 0.429. The first-order valence-corrected chi connectivity index (χ1v) is 6.13. The van der Waals surface area contributed by atoms with Crippen molar-refractivity contribution in [2.45, 2.75) is 19.0 Å². The number of nitrogens with two attached hydrogens (primary N) is 2. The standard InChI is InChI=1S/C13H15F3N4/c14-13(15,16)10-3-5-11(6-4-10)20-12(18)9(8-19-20)2-1-7-17/h3-6,8H,1-2,7,17-18H2. The van der Waals surface area contributed by atoms with Gasteiger partial charge in [0.1, 0.15) is 5.82 Å². The Morgan fingerprint density at radius 3 is 2.35 bits per heavy atom. The zero-order valence-electron chi connectivity index (χ0n) is 10.7. The van der Waals surface area contributed by atoms with Gasteiger partial charge in [0.2, 0.25) is 0 Å². The van der Waals surface area contributed by atoms with Crippen molar-refractivity contribution in [2.24, 2.45) is 5.73 Å². The Kier molecular flexibility index (Phi) is 3.99. The summed E-state index contributed by atoms with van der Waals surface area (Å²) in [5.41, 5.74) is 12.0. The van der Waals surface area contributed by atoms with Gasteiger partial charge in [-0.25, -0.2) is 4.68 Å². The molecule has 0 radical (unpaired) electrons. The number of anilines is 1. The number of aromatic nitrogens is 2. The molecule has 0 aliphatic rings. The van der Waals surface area contributed by atoms with Crippen molar-refractivity contribution in [3.8, 4) is 5.69 Å². The molecule has 2 aromatic rings. The minimum Gasteiger partial charge on any atom is -0.383 e. The van der Waals surface area contributed by atoms with Crippen LogP contribution in [0, 0.1) is 0 Å². The lowest BCUT2D eigenvalue weighted by Crippen LogP contribution is -2.07. The SMILES string of the molecule is NCCCc1cnn(-c2ccc(C(F)(F)F)cc2)c1N. The van der Waals surface area contributed by atoms with Crippen LogP contribution in [-0.2, 0) is 12.6 Å². The summed E-state index contributed by atoms with van der Waals surface area (Å²) in [5.74, 6) is 0.429. The summed E-state index contributed by atoms with van der Waals surface area (Å²) in [5, 5.41) is 4.10. The van der Waals surface area contributed by atoms with Gasteiger partial charge in [-0.1, -0.05) is 0 Å². The number of benzene rings is 1. The first-order valence-electron chi connectivity index (χ1n) is 6.13. The molecule has 0 unspecified atom stereocenters. The zero-order chi connectivity index (χ0) is 14.8. The predicted molar refractivity (Wildman–Crippen MR) is 70.4 cm³/mol. The highest BCUT2D eigenvalue weighted by Gasteiger charge is 2.30. The number of hydrogen-bond acceptors (Lipinski definition) is 3. The highest BCUT2D eigenvalue weighted by Crippen LogP contribution is 2.30. The van der Waals surface area contributed by atoms with Crippen LogP contribution in [-0.4, -0.2) is 16.3 Å². The van der Waals surface area contributed by atoms with Gasteiger partial charge in [-0.3, -0.25) is 0 Å². The largest absolute Gasteiger partial charge is 0.416 e. The number of nitrogen functional groups attached to an aromatic ring is 1. The van der Waals surface area contributed by atoms with E-state index in [1.54, 1.807) is 6.20 Å². The maximum absolute atomic E-state index is 12.5. The van der Waals surface area contributed by atoms with Gasteiger partial charge in [-0.2, -0.15) is 18.3 Å². The van der Waals surface area contributed by atoms with Crippen molar-refractivity contribution in [3.05, 3.63) is 41.6 Å². The van der Waals surface area contributed by atoms with E-state index in [1.165, 1.54) is 16.8 Å². The fourth-order valence-corrected chi connectivity index (χ4v) is 1.87. The van der Waals surface area contributed by atoms with E-state index in [0.717, 1.165) is 24.1 Å². The second-order valence-electron chi connectivity index (χ2n) is 4.40. The Bertz CT molecular complexity index is 572.